The highest BCUT2D eigenvalue weighted by molar-refractivity contribution is 5.80. The van der Waals surface area contributed by atoms with E-state index in [2.05, 4.69) is 12.1 Å². The van der Waals surface area contributed by atoms with E-state index < -0.39 is 30.3 Å². The first-order chi connectivity index (χ1) is 17.1. The first-order valence-corrected chi connectivity index (χ1v) is 12.5. The summed E-state index contributed by atoms with van der Waals surface area (Å²) in [6.45, 7) is 6.00. The van der Waals surface area contributed by atoms with Crippen LogP contribution in [0.5, 0.6) is 0 Å². The molecule has 1 fully saturated rings. The van der Waals surface area contributed by atoms with E-state index in [-0.39, 0.29) is 18.6 Å². The number of carbonyl (C=O) groups excluding carboxylic acids is 2. The molecule has 2 aromatic rings. The summed E-state index contributed by atoms with van der Waals surface area (Å²) in [5.74, 6) is -1.21. The molecule has 0 aromatic heterocycles. The first kappa shape index (κ1) is 25.5. The van der Waals surface area contributed by atoms with Gasteiger partial charge in [0.2, 0.25) is 0 Å². The number of rotatable bonds is 5. The minimum Gasteiger partial charge on any atom is -0.480 e. The molecule has 0 saturated carbocycles. The third-order valence-electron chi connectivity index (χ3n) is 6.67. The third-order valence-corrected chi connectivity index (χ3v) is 6.67. The number of benzene rings is 2. The van der Waals surface area contributed by atoms with E-state index in [4.69, 9.17) is 9.47 Å². The Morgan fingerprint density at radius 2 is 1.58 bits per heavy atom. The molecule has 8 nitrogen and oxygen atoms in total. The highest BCUT2D eigenvalue weighted by Crippen LogP contribution is 2.44. The van der Waals surface area contributed by atoms with Crippen LogP contribution >= 0.6 is 0 Å². The van der Waals surface area contributed by atoms with Crippen molar-refractivity contribution in [2.24, 2.45) is 0 Å². The molecule has 0 radical (unpaired) electrons. The lowest BCUT2D eigenvalue weighted by molar-refractivity contribution is -0.138. The maximum absolute atomic E-state index is 13.2. The molecule has 8 heteroatoms. The number of nitrogens with zero attached hydrogens (tertiary/aromatic N) is 2. The Bertz CT molecular complexity index is 1080. The van der Waals surface area contributed by atoms with Gasteiger partial charge in [0.25, 0.3) is 0 Å². The molecule has 1 saturated heterocycles. The molecule has 0 bridgehead atoms. The van der Waals surface area contributed by atoms with E-state index >= 15 is 0 Å². The summed E-state index contributed by atoms with van der Waals surface area (Å²) in [7, 11) is 0. The van der Waals surface area contributed by atoms with Crippen molar-refractivity contribution in [3.8, 4) is 11.1 Å². The van der Waals surface area contributed by atoms with E-state index in [1.807, 2.05) is 57.2 Å². The zero-order valence-electron chi connectivity index (χ0n) is 21.1. The van der Waals surface area contributed by atoms with Gasteiger partial charge in [0.05, 0.1) is 0 Å². The van der Waals surface area contributed by atoms with Crippen LogP contribution in [-0.2, 0) is 14.3 Å². The maximum atomic E-state index is 13.2. The van der Waals surface area contributed by atoms with Crippen LogP contribution in [-0.4, -0.2) is 70.9 Å². The normalized spacial score (nSPS) is 17.5. The third kappa shape index (κ3) is 5.80. The lowest BCUT2D eigenvalue weighted by atomic mass is 9.98. The SMILES string of the molecule is CC(C)(C)OC(=O)N1CCCC(N(CC(=O)O)C(=O)OCC2c3ccccc3-c3ccccc32)CC1. The fraction of sp³-hybridized carbons (Fsp3) is 0.464. The summed E-state index contributed by atoms with van der Waals surface area (Å²) in [5.41, 5.74) is 3.85. The summed E-state index contributed by atoms with van der Waals surface area (Å²) in [6, 6.07) is 15.8. The van der Waals surface area contributed by atoms with Gasteiger partial charge in [-0.3, -0.25) is 9.69 Å². The number of aliphatic carboxylic acids is 1. The fourth-order valence-corrected chi connectivity index (χ4v) is 5.06. The molecule has 1 heterocycles. The minimum atomic E-state index is -1.10. The van der Waals surface area contributed by atoms with Crippen molar-refractivity contribution in [2.45, 2.75) is 57.6 Å². The maximum Gasteiger partial charge on any atom is 0.410 e. The average molecular weight is 495 g/mol. The van der Waals surface area contributed by atoms with E-state index in [9.17, 15) is 19.5 Å². The molecule has 1 unspecified atom stereocenters. The summed E-state index contributed by atoms with van der Waals surface area (Å²) in [6.07, 6.45) is 0.633. The quantitative estimate of drug-likeness (QED) is 0.620. The second-order valence-corrected chi connectivity index (χ2v) is 10.4. The molecule has 2 aliphatic rings. The van der Waals surface area contributed by atoms with Crippen molar-refractivity contribution in [1.82, 2.24) is 9.80 Å². The van der Waals surface area contributed by atoms with E-state index in [0.29, 0.717) is 32.4 Å². The number of hydrogen-bond donors (Lipinski definition) is 1. The van der Waals surface area contributed by atoms with Gasteiger partial charge in [-0.25, -0.2) is 9.59 Å². The molecule has 1 aliphatic heterocycles. The summed E-state index contributed by atoms with van der Waals surface area (Å²) in [5, 5.41) is 9.51. The first-order valence-electron chi connectivity index (χ1n) is 12.5. The van der Waals surface area contributed by atoms with Gasteiger partial charge in [-0.15, -0.1) is 0 Å². The van der Waals surface area contributed by atoms with Crippen molar-refractivity contribution in [1.29, 1.82) is 0 Å². The molecule has 192 valence electrons. The zero-order valence-corrected chi connectivity index (χ0v) is 21.1. The van der Waals surface area contributed by atoms with Gasteiger partial charge in [-0.05, 0) is 62.3 Å². The van der Waals surface area contributed by atoms with Crippen LogP contribution in [0, 0.1) is 0 Å². The zero-order chi connectivity index (χ0) is 25.9. The molecular weight excluding hydrogens is 460 g/mol. The number of carboxylic acid groups (broad SMARTS) is 1. The number of carbonyl (C=O) groups is 3. The Labute approximate surface area is 211 Å². The molecule has 1 aliphatic carbocycles. The van der Waals surface area contributed by atoms with Crippen LogP contribution in [0.4, 0.5) is 9.59 Å². The van der Waals surface area contributed by atoms with Crippen LogP contribution in [0.25, 0.3) is 11.1 Å². The smallest absolute Gasteiger partial charge is 0.410 e. The van der Waals surface area contributed by atoms with Gasteiger partial charge >= 0.3 is 18.2 Å². The minimum absolute atomic E-state index is 0.107. The Hall–Kier alpha value is -3.55. The van der Waals surface area contributed by atoms with Crippen molar-refractivity contribution < 1.29 is 29.0 Å². The van der Waals surface area contributed by atoms with Gasteiger partial charge in [-0.2, -0.15) is 0 Å². The predicted octanol–water partition coefficient (Wildman–Crippen LogP) is 5.11. The topological polar surface area (TPSA) is 96.4 Å². The van der Waals surface area contributed by atoms with E-state index in [0.717, 1.165) is 22.3 Å². The fourth-order valence-electron chi connectivity index (χ4n) is 5.06. The monoisotopic (exact) mass is 494 g/mol. The Morgan fingerprint density at radius 3 is 2.17 bits per heavy atom. The summed E-state index contributed by atoms with van der Waals surface area (Å²) < 4.78 is 11.2. The van der Waals surface area contributed by atoms with Gasteiger partial charge in [0.15, 0.2) is 0 Å². The standard InChI is InChI=1S/C28H34N2O6/c1-28(2,3)36-26(33)29-15-8-9-19(14-16-29)30(17-25(31)32)27(34)35-18-24-22-12-6-4-10-20(22)21-11-5-7-13-23(21)24/h4-7,10-13,19,24H,8-9,14-18H2,1-3H3,(H,31,32). The van der Waals surface area contributed by atoms with Crippen LogP contribution in [0.15, 0.2) is 48.5 Å². The van der Waals surface area contributed by atoms with Gasteiger partial charge < -0.3 is 19.5 Å². The van der Waals surface area contributed by atoms with Gasteiger partial charge in [-0.1, -0.05) is 48.5 Å². The molecule has 1 atom stereocenters. The average Bonchev–Trinajstić information content (AvgIpc) is 2.95. The van der Waals surface area contributed by atoms with Crippen LogP contribution in [0.3, 0.4) is 0 Å². The summed E-state index contributed by atoms with van der Waals surface area (Å²) >= 11 is 0. The van der Waals surface area contributed by atoms with E-state index in [1.54, 1.807) is 4.90 Å². The molecule has 0 spiro atoms. The molecular formula is C28H34N2O6. The van der Waals surface area contributed by atoms with Crippen molar-refractivity contribution in [2.75, 3.05) is 26.2 Å². The number of fused-ring (bicyclic) bond motifs is 3. The highest BCUT2D eigenvalue weighted by atomic mass is 16.6. The van der Waals surface area contributed by atoms with Gasteiger partial charge in [0.1, 0.15) is 18.8 Å². The van der Waals surface area contributed by atoms with Crippen molar-refractivity contribution in [3.63, 3.8) is 0 Å². The number of amides is 2. The molecule has 2 amide bonds. The van der Waals surface area contributed by atoms with Gasteiger partial charge in [0, 0.05) is 25.0 Å². The second kappa shape index (κ2) is 10.6. The molecule has 1 N–H and O–H groups in total. The number of likely N-dealkylation sites (tertiary alicyclic amines) is 1. The Kier molecular flexibility index (Phi) is 7.52. The van der Waals surface area contributed by atoms with Crippen molar-refractivity contribution >= 4 is 18.2 Å². The summed E-state index contributed by atoms with van der Waals surface area (Å²) in [4.78, 5) is 40.3. The number of hydrogen-bond acceptors (Lipinski definition) is 5. The second-order valence-electron chi connectivity index (χ2n) is 10.4. The Balaban J connectivity index is 1.44. The lowest BCUT2D eigenvalue weighted by Gasteiger charge is -2.30. The molecule has 2 aromatic carbocycles. The number of carboxylic acids is 1. The number of ether oxygens (including phenoxy) is 2. The van der Waals surface area contributed by atoms with E-state index in [1.165, 1.54) is 4.90 Å². The molecule has 4 rings (SSSR count). The Morgan fingerprint density at radius 1 is 0.972 bits per heavy atom. The van der Waals surface area contributed by atoms with Crippen LogP contribution in [0.2, 0.25) is 0 Å². The highest BCUT2D eigenvalue weighted by Gasteiger charge is 2.34. The van der Waals surface area contributed by atoms with Crippen molar-refractivity contribution in [3.05, 3.63) is 59.7 Å². The lowest BCUT2D eigenvalue weighted by Crippen LogP contribution is -2.45. The van der Waals surface area contributed by atoms with Crippen LogP contribution in [0.1, 0.15) is 57.1 Å². The largest absolute Gasteiger partial charge is 0.480 e. The van der Waals surface area contributed by atoms with Crippen LogP contribution < -0.4 is 0 Å². The molecule has 36 heavy (non-hydrogen) atoms. The predicted molar refractivity (Wildman–Crippen MR) is 135 cm³/mol.